The van der Waals surface area contributed by atoms with Gasteiger partial charge in [-0.15, -0.1) is 0 Å². The first-order valence-corrected chi connectivity index (χ1v) is 5.73. The van der Waals surface area contributed by atoms with E-state index in [1.54, 1.807) is 14.2 Å². The SMILES string of the molecule is COCCOCCNc1cc(OC)ccc1C. The van der Waals surface area contributed by atoms with Gasteiger partial charge in [-0.25, -0.2) is 0 Å². The van der Waals surface area contributed by atoms with E-state index in [9.17, 15) is 0 Å². The Labute approximate surface area is 103 Å². The maximum atomic E-state index is 5.37. The third kappa shape index (κ3) is 5.06. The highest BCUT2D eigenvalue weighted by Gasteiger charge is 1.99. The molecule has 4 heteroatoms. The van der Waals surface area contributed by atoms with E-state index in [2.05, 4.69) is 12.2 Å². The van der Waals surface area contributed by atoms with Gasteiger partial charge in [0.15, 0.2) is 0 Å². The Balaban J connectivity index is 2.30. The predicted molar refractivity (Wildman–Crippen MR) is 68.9 cm³/mol. The number of ether oxygens (including phenoxy) is 3. The van der Waals surface area contributed by atoms with Crippen LogP contribution in [0.5, 0.6) is 5.75 Å². The molecule has 0 bridgehead atoms. The van der Waals surface area contributed by atoms with Crippen molar-refractivity contribution in [3.05, 3.63) is 23.8 Å². The van der Waals surface area contributed by atoms with Gasteiger partial charge >= 0.3 is 0 Å². The van der Waals surface area contributed by atoms with Crippen molar-refractivity contribution in [3.63, 3.8) is 0 Å². The summed E-state index contributed by atoms with van der Waals surface area (Å²) in [6, 6.07) is 5.98. The second-order valence-electron chi connectivity index (χ2n) is 3.71. The highest BCUT2D eigenvalue weighted by molar-refractivity contribution is 5.54. The molecule has 1 aromatic rings. The van der Waals surface area contributed by atoms with Gasteiger partial charge in [-0.1, -0.05) is 6.07 Å². The molecular formula is C13H21NO3. The molecule has 1 aromatic carbocycles. The Hall–Kier alpha value is -1.26. The zero-order valence-electron chi connectivity index (χ0n) is 10.8. The summed E-state index contributed by atoms with van der Waals surface area (Å²) in [5.74, 6) is 0.860. The number of aryl methyl sites for hydroxylation is 1. The normalized spacial score (nSPS) is 10.3. The van der Waals surface area contributed by atoms with Crippen LogP contribution >= 0.6 is 0 Å². The molecule has 1 rings (SSSR count). The molecule has 0 atom stereocenters. The summed E-state index contributed by atoms with van der Waals surface area (Å²) < 4.78 is 15.4. The van der Waals surface area contributed by atoms with Gasteiger partial charge in [0.05, 0.1) is 26.9 Å². The fourth-order valence-electron chi connectivity index (χ4n) is 1.42. The van der Waals surface area contributed by atoms with Crippen molar-refractivity contribution in [2.75, 3.05) is 45.9 Å². The number of hydrogen-bond donors (Lipinski definition) is 1. The van der Waals surface area contributed by atoms with Gasteiger partial charge < -0.3 is 19.5 Å². The lowest BCUT2D eigenvalue weighted by Gasteiger charge is -2.11. The molecule has 17 heavy (non-hydrogen) atoms. The van der Waals surface area contributed by atoms with E-state index in [1.807, 2.05) is 18.2 Å². The summed E-state index contributed by atoms with van der Waals surface area (Å²) in [5.41, 5.74) is 2.28. The van der Waals surface area contributed by atoms with Gasteiger partial charge in [-0.05, 0) is 18.6 Å². The van der Waals surface area contributed by atoms with Crippen LogP contribution in [0.1, 0.15) is 5.56 Å². The fourth-order valence-corrected chi connectivity index (χ4v) is 1.42. The molecule has 0 fully saturated rings. The summed E-state index contributed by atoms with van der Waals surface area (Å²) >= 11 is 0. The third-order valence-corrected chi connectivity index (χ3v) is 2.44. The van der Waals surface area contributed by atoms with Gasteiger partial charge in [0.1, 0.15) is 5.75 Å². The molecule has 0 saturated carbocycles. The summed E-state index contributed by atoms with van der Waals surface area (Å²) in [4.78, 5) is 0. The van der Waals surface area contributed by atoms with Crippen LogP contribution in [0.2, 0.25) is 0 Å². The van der Waals surface area contributed by atoms with Gasteiger partial charge in [0.2, 0.25) is 0 Å². The van der Waals surface area contributed by atoms with Crippen molar-refractivity contribution in [1.29, 1.82) is 0 Å². The van der Waals surface area contributed by atoms with Crippen molar-refractivity contribution < 1.29 is 14.2 Å². The van der Waals surface area contributed by atoms with E-state index in [0.29, 0.717) is 19.8 Å². The summed E-state index contributed by atoms with van der Waals surface area (Å²) in [6.07, 6.45) is 0. The lowest BCUT2D eigenvalue weighted by atomic mass is 10.2. The lowest BCUT2D eigenvalue weighted by Crippen LogP contribution is -2.12. The molecule has 0 saturated heterocycles. The molecule has 0 radical (unpaired) electrons. The van der Waals surface area contributed by atoms with Crippen molar-refractivity contribution in [1.82, 2.24) is 0 Å². The second kappa shape index (κ2) is 7.92. The third-order valence-electron chi connectivity index (χ3n) is 2.44. The van der Waals surface area contributed by atoms with Crippen molar-refractivity contribution in [2.45, 2.75) is 6.92 Å². The Kier molecular flexibility index (Phi) is 6.43. The average Bonchev–Trinajstić information content (AvgIpc) is 2.35. The van der Waals surface area contributed by atoms with Gasteiger partial charge in [-0.2, -0.15) is 0 Å². The molecule has 0 aromatic heterocycles. The topological polar surface area (TPSA) is 39.7 Å². The number of anilines is 1. The fraction of sp³-hybridized carbons (Fsp3) is 0.538. The average molecular weight is 239 g/mol. The predicted octanol–water partition coefficient (Wildman–Crippen LogP) is 2.08. The van der Waals surface area contributed by atoms with Gasteiger partial charge in [-0.3, -0.25) is 0 Å². The van der Waals surface area contributed by atoms with Crippen molar-refractivity contribution in [2.24, 2.45) is 0 Å². The number of methoxy groups -OCH3 is 2. The molecule has 0 spiro atoms. The molecular weight excluding hydrogens is 218 g/mol. The molecule has 0 aliphatic heterocycles. The van der Waals surface area contributed by atoms with Gasteiger partial charge in [0.25, 0.3) is 0 Å². The van der Waals surface area contributed by atoms with Gasteiger partial charge in [0, 0.05) is 25.4 Å². The van der Waals surface area contributed by atoms with E-state index in [4.69, 9.17) is 14.2 Å². The Bertz CT molecular complexity index is 328. The lowest BCUT2D eigenvalue weighted by molar-refractivity contribution is 0.0759. The number of benzene rings is 1. The Morgan fingerprint density at radius 3 is 2.65 bits per heavy atom. The minimum absolute atomic E-state index is 0.634. The second-order valence-corrected chi connectivity index (χ2v) is 3.71. The first-order valence-electron chi connectivity index (χ1n) is 5.73. The van der Waals surface area contributed by atoms with Crippen LogP contribution in [0.3, 0.4) is 0 Å². The van der Waals surface area contributed by atoms with Crippen LogP contribution in [-0.4, -0.2) is 40.6 Å². The maximum absolute atomic E-state index is 5.37. The minimum Gasteiger partial charge on any atom is -0.497 e. The summed E-state index contributed by atoms with van der Waals surface area (Å²) in [7, 11) is 3.34. The molecule has 0 heterocycles. The number of rotatable bonds is 8. The largest absolute Gasteiger partial charge is 0.497 e. The highest BCUT2D eigenvalue weighted by Crippen LogP contribution is 2.21. The first kappa shape index (κ1) is 13.8. The monoisotopic (exact) mass is 239 g/mol. The maximum Gasteiger partial charge on any atom is 0.120 e. The van der Waals surface area contributed by atoms with E-state index < -0.39 is 0 Å². The first-order chi connectivity index (χ1) is 8.27. The van der Waals surface area contributed by atoms with Crippen molar-refractivity contribution in [3.8, 4) is 5.75 Å². The van der Waals surface area contributed by atoms with Crippen LogP contribution in [-0.2, 0) is 9.47 Å². The van der Waals surface area contributed by atoms with Crippen LogP contribution in [0, 0.1) is 6.92 Å². The summed E-state index contributed by atoms with van der Waals surface area (Å²) in [5, 5.41) is 3.32. The van der Waals surface area contributed by atoms with E-state index in [1.165, 1.54) is 5.56 Å². The standard InChI is InChI=1S/C13H21NO3/c1-11-4-5-12(16-3)10-13(11)14-6-7-17-9-8-15-2/h4-5,10,14H,6-9H2,1-3H3. The number of hydrogen-bond acceptors (Lipinski definition) is 4. The quantitative estimate of drug-likeness (QED) is 0.705. The molecule has 4 nitrogen and oxygen atoms in total. The molecule has 0 aliphatic rings. The van der Waals surface area contributed by atoms with E-state index in [-0.39, 0.29) is 0 Å². The molecule has 96 valence electrons. The number of nitrogens with one attached hydrogen (secondary N) is 1. The zero-order valence-corrected chi connectivity index (χ0v) is 10.8. The molecule has 0 unspecified atom stereocenters. The van der Waals surface area contributed by atoms with E-state index >= 15 is 0 Å². The summed E-state index contributed by atoms with van der Waals surface area (Å²) in [6.45, 7) is 4.78. The Morgan fingerprint density at radius 2 is 1.94 bits per heavy atom. The molecule has 0 amide bonds. The van der Waals surface area contributed by atoms with Crippen LogP contribution in [0.15, 0.2) is 18.2 Å². The molecule has 1 N–H and O–H groups in total. The zero-order chi connectivity index (χ0) is 12.5. The van der Waals surface area contributed by atoms with Crippen LogP contribution in [0.25, 0.3) is 0 Å². The van der Waals surface area contributed by atoms with E-state index in [0.717, 1.165) is 18.0 Å². The molecule has 0 aliphatic carbocycles. The van der Waals surface area contributed by atoms with Crippen LogP contribution in [0.4, 0.5) is 5.69 Å². The highest BCUT2D eigenvalue weighted by atomic mass is 16.5. The minimum atomic E-state index is 0.634. The van der Waals surface area contributed by atoms with Crippen molar-refractivity contribution >= 4 is 5.69 Å². The smallest absolute Gasteiger partial charge is 0.120 e. The Morgan fingerprint density at radius 1 is 1.12 bits per heavy atom. The van der Waals surface area contributed by atoms with Crippen LogP contribution < -0.4 is 10.1 Å².